The number of fused-ring (bicyclic) bond motifs is 1. The van der Waals surface area contributed by atoms with Gasteiger partial charge < -0.3 is 10.6 Å². The summed E-state index contributed by atoms with van der Waals surface area (Å²) >= 11 is 0. The first-order chi connectivity index (χ1) is 19.0. The second-order valence-electron chi connectivity index (χ2n) is 9.83. The molecule has 3 aromatic rings. The first-order valence-corrected chi connectivity index (χ1v) is 13.1. The van der Waals surface area contributed by atoms with E-state index in [0.29, 0.717) is 30.7 Å². The fraction of sp³-hybridized carbons (Fsp3) is 0.290. The maximum Gasteiger partial charge on any atom is 0.322 e. The van der Waals surface area contributed by atoms with Gasteiger partial charge in [0.2, 0.25) is 0 Å². The number of nitrogens with one attached hydrogen (secondary N) is 2. The standard InChI is InChI=1S/C31H29N3O5/c35-27(20-31(15-16-31)26-13-5-10-22-8-1-3-11-24(22)26)25-12-4-2-9-23(25)21-33-30(38)29(37)32-17-6-14-28(36)34-18-7-19-39-34/h1-5,8-13H,7,15-21H2,(H,32,37)(H,33,38). The van der Waals surface area contributed by atoms with E-state index in [1.54, 1.807) is 24.3 Å². The molecule has 2 fully saturated rings. The summed E-state index contributed by atoms with van der Waals surface area (Å²) in [6.07, 6.45) is 3.03. The van der Waals surface area contributed by atoms with Crippen molar-refractivity contribution in [3.05, 3.63) is 83.4 Å². The lowest BCUT2D eigenvalue weighted by Crippen LogP contribution is -2.40. The number of ketones is 1. The van der Waals surface area contributed by atoms with Crippen LogP contribution in [0.3, 0.4) is 0 Å². The van der Waals surface area contributed by atoms with E-state index in [2.05, 4.69) is 46.7 Å². The summed E-state index contributed by atoms with van der Waals surface area (Å²) in [6, 6.07) is 21.6. The average Bonchev–Trinajstić information content (AvgIpc) is 3.52. The van der Waals surface area contributed by atoms with Gasteiger partial charge in [0.25, 0.3) is 0 Å². The van der Waals surface area contributed by atoms with E-state index in [-0.39, 0.29) is 24.3 Å². The number of nitrogens with zero attached hydrogens (tertiary/aromatic N) is 1. The lowest BCUT2D eigenvalue weighted by Gasteiger charge is -2.18. The Bertz CT molecular complexity index is 1490. The van der Waals surface area contributed by atoms with Gasteiger partial charge in [-0.25, -0.2) is 5.06 Å². The van der Waals surface area contributed by atoms with Crippen molar-refractivity contribution in [2.24, 2.45) is 0 Å². The molecule has 3 aromatic carbocycles. The van der Waals surface area contributed by atoms with Crippen LogP contribution in [0.5, 0.6) is 0 Å². The number of Topliss-reactive ketones (excluding diaryl/α,β-unsaturated/α-hetero) is 1. The van der Waals surface area contributed by atoms with Gasteiger partial charge in [-0.2, -0.15) is 0 Å². The maximum atomic E-state index is 13.5. The molecule has 0 aromatic heterocycles. The van der Waals surface area contributed by atoms with E-state index >= 15 is 0 Å². The third-order valence-corrected chi connectivity index (χ3v) is 7.19. The Balaban J connectivity index is 1.18. The zero-order valence-corrected chi connectivity index (χ0v) is 21.5. The maximum absolute atomic E-state index is 13.5. The van der Waals surface area contributed by atoms with Crippen LogP contribution in [0.2, 0.25) is 0 Å². The highest BCUT2D eigenvalue weighted by Gasteiger charge is 2.46. The van der Waals surface area contributed by atoms with Crippen LogP contribution in [0.15, 0.2) is 66.7 Å². The highest BCUT2D eigenvalue weighted by atomic mass is 16.7. The Hall–Kier alpha value is -4.48. The van der Waals surface area contributed by atoms with Gasteiger partial charge in [-0.05, 0) is 47.1 Å². The Morgan fingerprint density at radius 1 is 0.897 bits per heavy atom. The smallest absolute Gasteiger partial charge is 0.322 e. The normalized spacial score (nSPS) is 15.2. The number of carbonyl (C=O) groups is 4. The molecule has 3 amide bonds. The molecule has 39 heavy (non-hydrogen) atoms. The number of hydrogen-bond acceptors (Lipinski definition) is 5. The molecule has 0 atom stereocenters. The van der Waals surface area contributed by atoms with Crippen LogP contribution in [0.1, 0.15) is 47.2 Å². The van der Waals surface area contributed by atoms with Crippen LogP contribution in [0.25, 0.3) is 10.8 Å². The highest BCUT2D eigenvalue weighted by molar-refractivity contribution is 6.35. The molecule has 8 nitrogen and oxygen atoms in total. The number of amides is 3. The molecule has 5 rings (SSSR count). The topological polar surface area (TPSA) is 105 Å². The number of hydrogen-bond donors (Lipinski definition) is 2. The van der Waals surface area contributed by atoms with Crippen molar-refractivity contribution in [3.63, 3.8) is 0 Å². The zero-order valence-electron chi connectivity index (χ0n) is 21.5. The van der Waals surface area contributed by atoms with Gasteiger partial charge in [0.15, 0.2) is 5.78 Å². The van der Waals surface area contributed by atoms with Crippen LogP contribution in [0.4, 0.5) is 0 Å². The first kappa shape index (κ1) is 26.1. The molecular weight excluding hydrogens is 494 g/mol. The third kappa shape index (κ3) is 6.00. The van der Waals surface area contributed by atoms with Gasteiger partial charge in [0, 0.05) is 23.9 Å². The molecule has 2 aliphatic rings. The summed E-state index contributed by atoms with van der Waals surface area (Å²) in [5.41, 5.74) is 2.21. The largest absolute Gasteiger partial charge is 0.344 e. The molecule has 198 valence electrons. The van der Waals surface area contributed by atoms with Crippen molar-refractivity contribution in [1.82, 2.24) is 15.7 Å². The molecule has 1 saturated carbocycles. The average molecular weight is 524 g/mol. The predicted molar refractivity (Wildman–Crippen MR) is 145 cm³/mol. The number of benzene rings is 3. The quantitative estimate of drug-likeness (QED) is 0.281. The fourth-order valence-electron chi connectivity index (χ4n) is 4.98. The fourth-order valence-corrected chi connectivity index (χ4v) is 4.98. The lowest BCUT2D eigenvalue weighted by atomic mass is 9.85. The van der Waals surface area contributed by atoms with Gasteiger partial charge in [-0.15, -0.1) is 0 Å². The minimum atomic E-state index is -0.870. The van der Waals surface area contributed by atoms with E-state index in [4.69, 9.17) is 4.84 Å². The van der Waals surface area contributed by atoms with Crippen molar-refractivity contribution >= 4 is 34.3 Å². The zero-order chi connectivity index (χ0) is 27.2. The second kappa shape index (κ2) is 11.5. The van der Waals surface area contributed by atoms with Crippen molar-refractivity contribution < 1.29 is 24.0 Å². The van der Waals surface area contributed by atoms with E-state index in [0.717, 1.165) is 24.6 Å². The van der Waals surface area contributed by atoms with Crippen LogP contribution in [-0.2, 0) is 31.2 Å². The molecule has 8 heteroatoms. The monoisotopic (exact) mass is 523 g/mol. The molecule has 0 radical (unpaired) electrons. The predicted octanol–water partition coefficient (Wildman–Crippen LogP) is 3.04. The minimum absolute atomic E-state index is 0.0108. The number of rotatable bonds is 7. The summed E-state index contributed by atoms with van der Waals surface area (Å²) in [4.78, 5) is 54.9. The van der Waals surface area contributed by atoms with Crippen molar-refractivity contribution in [2.45, 2.75) is 37.6 Å². The molecule has 1 aliphatic carbocycles. The Morgan fingerprint density at radius 2 is 1.64 bits per heavy atom. The molecule has 1 saturated heterocycles. The van der Waals surface area contributed by atoms with Crippen LogP contribution in [-0.4, -0.2) is 48.3 Å². The summed E-state index contributed by atoms with van der Waals surface area (Å²) in [5.74, 6) is 2.70. The SMILES string of the molecule is O=C(NCC#CC(=O)N1CCCO1)C(=O)NCc1ccccc1C(=O)CC1(c2cccc3ccccc23)CC1. The van der Waals surface area contributed by atoms with Crippen molar-refractivity contribution in [1.29, 1.82) is 0 Å². The molecular formula is C31H29N3O5. The highest BCUT2D eigenvalue weighted by Crippen LogP contribution is 2.53. The van der Waals surface area contributed by atoms with E-state index in [1.807, 2.05) is 18.2 Å². The summed E-state index contributed by atoms with van der Waals surface area (Å²) < 4.78 is 0. The number of carbonyl (C=O) groups excluding carboxylic acids is 4. The Kier molecular flexibility index (Phi) is 7.71. The van der Waals surface area contributed by atoms with Crippen LogP contribution in [0, 0.1) is 11.8 Å². The lowest BCUT2D eigenvalue weighted by molar-refractivity contribution is -0.161. The summed E-state index contributed by atoms with van der Waals surface area (Å²) in [7, 11) is 0. The first-order valence-electron chi connectivity index (χ1n) is 13.1. The van der Waals surface area contributed by atoms with Crippen LogP contribution < -0.4 is 10.6 Å². The van der Waals surface area contributed by atoms with Gasteiger partial charge >= 0.3 is 17.7 Å². The number of hydroxylamine groups is 2. The van der Waals surface area contributed by atoms with E-state index in [9.17, 15) is 19.2 Å². The molecule has 2 N–H and O–H groups in total. The van der Waals surface area contributed by atoms with Gasteiger partial charge in [0.05, 0.1) is 19.7 Å². The molecule has 1 heterocycles. The Morgan fingerprint density at radius 3 is 2.44 bits per heavy atom. The molecule has 0 unspecified atom stereocenters. The van der Waals surface area contributed by atoms with E-state index in [1.165, 1.54) is 16.0 Å². The van der Waals surface area contributed by atoms with Gasteiger partial charge in [-0.3, -0.25) is 24.0 Å². The van der Waals surface area contributed by atoms with Gasteiger partial charge in [0.1, 0.15) is 0 Å². The second-order valence-corrected chi connectivity index (χ2v) is 9.83. The summed E-state index contributed by atoms with van der Waals surface area (Å²) in [5, 5.41) is 8.46. The van der Waals surface area contributed by atoms with Crippen LogP contribution >= 0.6 is 0 Å². The molecule has 0 spiro atoms. The summed E-state index contributed by atoms with van der Waals surface area (Å²) in [6.45, 7) is 0.837. The van der Waals surface area contributed by atoms with E-state index < -0.39 is 17.7 Å². The van der Waals surface area contributed by atoms with Crippen molar-refractivity contribution in [2.75, 3.05) is 19.7 Å². The third-order valence-electron chi connectivity index (χ3n) is 7.19. The van der Waals surface area contributed by atoms with Gasteiger partial charge in [-0.1, -0.05) is 72.7 Å². The Labute approximate surface area is 226 Å². The van der Waals surface area contributed by atoms with Crippen molar-refractivity contribution in [3.8, 4) is 11.8 Å². The molecule has 0 bridgehead atoms. The molecule has 1 aliphatic heterocycles. The minimum Gasteiger partial charge on any atom is -0.344 e.